The maximum Gasteiger partial charge on any atom is 0.129 e. The number of ether oxygens (including phenoxy) is 1. The predicted octanol–water partition coefficient (Wildman–Crippen LogP) is 1.37. The van der Waals surface area contributed by atoms with Gasteiger partial charge in [0.15, 0.2) is 0 Å². The first-order chi connectivity index (χ1) is 6.75. The van der Waals surface area contributed by atoms with Gasteiger partial charge in [-0.15, -0.1) is 0 Å². The molecule has 2 heterocycles. The van der Waals surface area contributed by atoms with E-state index in [0.29, 0.717) is 6.04 Å². The van der Waals surface area contributed by atoms with Crippen LogP contribution in [0.25, 0.3) is 0 Å². The Kier molecular flexibility index (Phi) is 2.63. The van der Waals surface area contributed by atoms with Gasteiger partial charge in [0.05, 0.1) is 12.1 Å². The molecule has 14 heavy (non-hydrogen) atoms. The molecule has 1 N–H and O–H groups in total. The molecule has 1 aliphatic rings. The molecular weight excluding hydrogens is 178 g/mol. The number of hydrogen-bond donors (Lipinski definition) is 1. The molecule has 1 saturated heterocycles. The van der Waals surface area contributed by atoms with Crippen LogP contribution in [0.2, 0.25) is 0 Å². The third-order valence-corrected chi connectivity index (χ3v) is 2.49. The summed E-state index contributed by atoms with van der Waals surface area (Å²) in [5, 5.41) is 3.36. The molecule has 0 bridgehead atoms. The molecule has 0 amide bonds. The molecule has 2 unspecified atom stereocenters. The highest BCUT2D eigenvalue weighted by atomic mass is 16.5. The summed E-state index contributed by atoms with van der Waals surface area (Å²) in [4.78, 5) is 8.34. The first-order valence-corrected chi connectivity index (χ1v) is 4.93. The number of aromatic nitrogens is 2. The molecule has 0 spiro atoms. The number of hydrogen-bond acceptors (Lipinski definition) is 4. The topological polar surface area (TPSA) is 47.0 Å². The summed E-state index contributed by atoms with van der Waals surface area (Å²) in [6.07, 6.45) is 3.08. The monoisotopic (exact) mass is 193 g/mol. The number of anilines is 1. The van der Waals surface area contributed by atoms with E-state index in [9.17, 15) is 0 Å². The largest absolute Gasteiger partial charge is 0.376 e. The van der Waals surface area contributed by atoms with Crippen molar-refractivity contribution in [3.05, 3.63) is 18.1 Å². The number of aryl methyl sites for hydroxylation is 1. The second-order valence-electron chi connectivity index (χ2n) is 3.60. The van der Waals surface area contributed by atoms with Crippen LogP contribution in [0.1, 0.15) is 19.2 Å². The van der Waals surface area contributed by atoms with E-state index in [2.05, 4.69) is 22.2 Å². The van der Waals surface area contributed by atoms with E-state index < -0.39 is 0 Å². The van der Waals surface area contributed by atoms with Crippen LogP contribution in [0.15, 0.2) is 12.3 Å². The highest BCUT2D eigenvalue weighted by Gasteiger charge is 2.23. The second kappa shape index (κ2) is 3.92. The number of rotatable bonds is 2. The summed E-state index contributed by atoms with van der Waals surface area (Å²) in [6.45, 7) is 4.81. The van der Waals surface area contributed by atoms with E-state index in [4.69, 9.17) is 4.74 Å². The van der Waals surface area contributed by atoms with Crippen LogP contribution in [0.5, 0.6) is 0 Å². The highest BCUT2D eigenvalue weighted by molar-refractivity contribution is 5.34. The zero-order valence-electron chi connectivity index (χ0n) is 8.53. The van der Waals surface area contributed by atoms with Gasteiger partial charge in [-0.25, -0.2) is 9.97 Å². The number of nitrogens with one attached hydrogen (secondary N) is 1. The van der Waals surface area contributed by atoms with Gasteiger partial charge in [-0.3, -0.25) is 0 Å². The quantitative estimate of drug-likeness (QED) is 0.770. The van der Waals surface area contributed by atoms with Crippen LogP contribution in [0.3, 0.4) is 0 Å². The smallest absolute Gasteiger partial charge is 0.129 e. The molecule has 1 aromatic rings. The predicted molar refractivity (Wildman–Crippen MR) is 54.2 cm³/mol. The maximum atomic E-state index is 5.46. The first-order valence-electron chi connectivity index (χ1n) is 4.93. The third-order valence-electron chi connectivity index (χ3n) is 2.49. The highest BCUT2D eigenvalue weighted by Crippen LogP contribution is 2.17. The van der Waals surface area contributed by atoms with Gasteiger partial charge >= 0.3 is 0 Å². The molecule has 1 aliphatic heterocycles. The van der Waals surface area contributed by atoms with Gasteiger partial charge in [0.25, 0.3) is 0 Å². The molecule has 0 aromatic carbocycles. The average Bonchev–Trinajstić information content (AvgIpc) is 2.52. The van der Waals surface area contributed by atoms with Crippen LogP contribution in [-0.4, -0.2) is 28.7 Å². The molecule has 4 nitrogen and oxygen atoms in total. The van der Waals surface area contributed by atoms with Crippen molar-refractivity contribution < 1.29 is 4.74 Å². The Morgan fingerprint density at radius 2 is 2.43 bits per heavy atom. The van der Waals surface area contributed by atoms with Crippen LogP contribution in [0.4, 0.5) is 5.82 Å². The summed E-state index contributed by atoms with van der Waals surface area (Å²) >= 11 is 0. The zero-order chi connectivity index (χ0) is 9.97. The van der Waals surface area contributed by atoms with Gasteiger partial charge in [0, 0.05) is 12.8 Å². The van der Waals surface area contributed by atoms with Gasteiger partial charge in [-0.1, -0.05) is 0 Å². The molecule has 1 aromatic heterocycles. The third kappa shape index (κ3) is 2.01. The fraction of sp³-hybridized carbons (Fsp3) is 0.600. The second-order valence-corrected chi connectivity index (χ2v) is 3.60. The van der Waals surface area contributed by atoms with E-state index >= 15 is 0 Å². The first kappa shape index (κ1) is 9.40. The van der Waals surface area contributed by atoms with Crippen LogP contribution in [-0.2, 0) is 4.74 Å². The lowest BCUT2D eigenvalue weighted by Crippen LogP contribution is -2.27. The average molecular weight is 193 g/mol. The summed E-state index contributed by atoms with van der Waals surface area (Å²) in [5.41, 5.74) is 0. The fourth-order valence-corrected chi connectivity index (χ4v) is 1.65. The van der Waals surface area contributed by atoms with Crippen molar-refractivity contribution in [1.29, 1.82) is 0 Å². The standard InChI is InChI=1S/C10H15N3O/c1-7-9(4-6-14-7)13-10-3-5-11-8(2)12-10/h3,5,7,9H,4,6H2,1-2H3,(H,11,12,13). The lowest BCUT2D eigenvalue weighted by atomic mass is 10.1. The van der Waals surface area contributed by atoms with Gasteiger partial charge in [-0.05, 0) is 26.3 Å². The van der Waals surface area contributed by atoms with E-state index in [0.717, 1.165) is 24.7 Å². The fourth-order valence-electron chi connectivity index (χ4n) is 1.65. The van der Waals surface area contributed by atoms with Crippen molar-refractivity contribution in [1.82, 2.24) is 9.97 Å². The Labute approximate surface area is 83.7 Å². The number of nitrogens with zero attached hydrogens (tertiary/aromatic N) is 2. The molecule has 2 rings (SSSR count). The summed E-state index contributed by atoms with van der Waals surface area (Å²) in [7, 11) is 0. The minimum Gasteiger partial charge on any atom is -0.376 e. The van der Waals surface area contributed by atoms with E-state index in [1.54, 1.807) is 6.20 Å². The van der Waals surface area contributed by atoms with Gasteiger partial charge in [-0.2, -0.15) is 0 Å². The summed E-state index contributed by atoms with van der Waals surface area (Å²) in [5.74, 6) is 1.68. The van der Waals surface area contributed by atoms with E-state index in [-0.39, 0.29) is 6.10 Å². The lowest BCUT2D eigenvalue weighted by Gasteiger charge is -2.16. The van der Waals surface area contributed by atoms with Crippen molar-refractivity contribution in [2.75, 3.05) is 11.9 Å². The Balaban J connectivity index is 2.03. The minimum absolute atomic E-state index is 0.269. The Morgan fingerprint density at radius 1 is 1.57 bits per heavy atom. The van der Waals surface area contributed by atoms with E-state index in [1.807, 2.05) is 13.0 Å². The Hall–Kier alpha value is -1.16. The van der Waals surface area contributed by atoms with E-state index in [1.165, 1.54) is 0 Å². The van der Waals surface area contributed by atoms with Gasteiger partial charge in [0.2, 0.25) is 0 Å². The molecule has 0 saturated carbocycles. The van der Waals surface area contributed by atoms with Crippen molar-refractivity contribution in [2.24, 2.45) is 0 Å². The zero-order valence-corrected chi connectivity index (χ0v) is 8.53. The van der Waals surface area contributed by atoms with Crippen LogP contribution < -0.4 is 5.32 Å². The lowest BCUT2D eigenvalue weighted by molar-refractivity contribution is 0.121. The van der Waals surface area contributed by atoms with Gasteiger partial charge < -0.3 is 10.1 Å². The minimum atomic E-state index is 0.269. The maximum absolute atomic E-state index is 5.46. The molecule has 4 heteroatoms. The Morgan fingerprint density at radius 3 is 3.07 bits per heavy atom. The molecule has 2 atom stereocenters. The van der Waals surface area contributed by atoms with Crippen LogP contribution >= 0.6 is 0 Å². The van der Waals surface area contributed by atoms with Crippen molar-refractivity contribution >= 4 is 5.82 Å². The van der Waals surface area contributed by atoms with Gasteiger partial charge in [0.1, 0.15) is 11.6 Å². The van der Waals surface area contributed by atoms with Crippen molar-refractivity contribution in [2.45, 2.75) is 32.4 Å². The van der Waals surface area contributed by atoms with Crippen molar-refractivity contribution in [3.63, 3.8) is 0 Å². The van der Waals surface area contributed by atoms with Crippen LogP contribution in [0, 0.1) is 6.92 Å². The molecule has 1 fully saturated rings. The molecular formula is C10H15N3O. The van der Waals surface area contributed by atoms with Crippen molar-refractivity contribution in [3.8, 4) is 0 Å². The summed E-state index contributed by atoms with van der Waals surface area (Å²) < 4.78 is 5.46. The SMILES string of the molecule is Cc1nccc(NC2CCOC2C)n1. The normalized spacial score (nSPS) is 26.4. The summed E-state index contributed by atoms with van der Waals surface area (Å²) in [6, 6.07) is 2.27. The molecule has 0 radical (unpaired) electrons. The molecule has 76 valence electrons. The molecule has 0 aliphatic carbocycles. The Bertz CT molecular complexity index is 316.